The van der Waals surface area contributed by atoms with E-state index in [2.05, 4.69) is 10.3 Å². The van der Waals surface area contributed by atoms with Crippen molar-refractivity contribution in [3.63, 3.8) is 0 Å². The lowest BCUT2D eigenvalue weighted by Crippen LogP contribution is -2.30. The molecule has 3 rings (SSSR count). The molecule has 9 heteroatoms. The van der Waals surface area contributed by atoms with Crippen LogP contribution in [-0.2, 0) is 21.4 Å². The molecule has 2 aromatic carbocycles. The van der Waals surface area contributed by atoms with Gasteiger partial charge in [-0.05, 0) is 55.5 Å². The van der Waals surface area contributed by atoms with E-state index in [9.17, 15) is 13.2 Å². The Kier molecular flexibility index (Phi) is 8.91. The van der Waals surface area contributed by atoms with Crippen LogP contribution in [0.5, 0.6) is 5.75 Å². The highest BCUT2D eigenvalue weighted by Crippen LogP contribution is 2.28. The molecule has 8 nitrogen and oxygen atoms in total. The summed E-state index contributed by atoms with van der Waals surface area (Å²) in [7, 11) is 1.32. The molecule has 0 radical (unpaired) electrons. The minimum Gasteiger partial charge on any atom is -0.497 e. The van der Waals surface area contributed by atoms with Crippen LogP contribution in [0.4, 0.5) is 0 Å². The maximum atomic E-state index is 13.1. The second-order valence-electron chi connectivity index (χ2n) is 8.98. The fourth-order valence-electron chi connectivity index (χ4n) is 4.23. The van der Waals surface area contributed by atoms with E-state index in [1.54, 1.807) is 52.1 Å². The number of carbonyl (C=O) groups is 1. The number of ether oxygens (including phenoxy) is 1. The average Bonchev–Trinajstić information content (AvgIpc) is 3.36. The van der Waals surface area contributed by atoms with Crippen molar-refractivity contribution in [3.05, 3.63) is 58.7 Å². The van der Waals surface area contributed by atoms with Gasteiger partial charge in [-0.1, -0.05) is 24.3 Å². The SMILES string of the molecule is COc1cc(C)c(S(=O)(=O)N(C)CCCCC(=O)N(C)Cc2ccc(C3=NCCN3)cc2)c(C)c1. The van der Waals surface area contributed by atoms with Crippen LogP contribution >= 0.6 is 0 Å². The molecule has 0 saturated heterocycles. The number of amides is 1. The summed E-state index contributed by atoms with van der Waals surface area (Å²) in [5.41, 5.74) is 3.43. The molecule has 0 aromatic heterocycles. The summed E-state index contributed by atoms with van der Waals surface area (Å²) in [6, 6.07) is 11.5. The van der Waals surface area contributed by atoms with Crippen LogP contribution in [0.3, 0.4) is 0 Å². The number of aliphatic imine (C=N–C) groups is 1. The van der Waals surface area contributed by atoms with Crippen molar-refractivity contribution in [1.29, 1.82) is 0 Å². The van der Waals surface area contributed by atoms with Gasteiger partial charge in [0.05, 0.1) is 18.6 Å². The number of nitrogens with zero attached hydrogens (tertiary/aromatic N) is 3. The van der Waals surface area contributed by atoms with Gasteiger partial charge in [0, 0.05) is 45.7 Å². The lowest BCUT2D eigenvalue weighted by molar-refractivity contribution is -0.130. The van der Waals surface area contributed by atoms with E-state index >= 15 is 0 Å². The average molecular weight is 501 g/mol. The Morgan fingerprint density at radius 2 is 1.74 bits per heavy atom. The van der Waals surface area contributed by atoms with Crippen molar-refractivity contribution >= 4 is 21.8 Å². The molecule has 0 fully saturated rings. The minimum absolute atomic E-state index is 0.0447. The Bertz CT molecular complexity index is 1150. The highest BCUT2D eigenvalue weighted by molar-refractivity contribution is 7.89. The molecule has 0 aliphatic carbocycles. The smallest absolute Gasteiger partial charge is 0.243 e. The van der Waals surface area contributed by atoms with Gasteiger partial charge in [0.15, 0.2) is 0 Å². The summed E-state index contributed by atoms with van der Waals surface area (Å²) in [4.78, 5) is 19.0. The van der Waals surface area contributed by atoms with E-state index < -0.39 is 10.0 Å². The molecule has 0 unspecified atom stereocenters. The summed E-state index contributed by atoms with van der Waals surface area (Å²) >= 11 is 0. The molecule has 1 amide bonds. The van der Waals surface area contributed by atoms with Crippen molar-refractivity contribution in [1.82, 2.24) is 14.5 Å². The van der Waals surface area contributed by atoms with Crippen LogP contribution in [0.1, 0.15) is 41.5 Å². The van der Waals surface area contributed by atoms with Gasteiger partial charge in [0.1, 0.15) is 11.6 Å². The second kappa shape index (κ2) is 11.7. The van der Waals surface area contributed by atoms with Crippen molar-refractivity contribution in [2.45, 2.75) is 44.6 Å². The van der Waals surface area contributed by atoms with Crippen LogP contribution in [0, 0.1) is 13.8 Å². The molecular formula is C26H36N4O4S. The molecule has 2 aromatic rings. The number of sulfonamides is 1. The first kappa shape index (κ1) is 26.7. The third kappa shape index (κ3) is 6.61. The lowest BCUT2D eigenvalue weighted by atomic mass is 10.1. The highest BCUT2D eigenvalue weighted by atomic mass is 32.2. The summed E-state index contributed by atoms with van der Waals surface area (Å²) in [5, 5.41) is 3.26. The van der Waals surface area contributed by atoms with E-state index in [4.69, 9.17) is 4.74 Å². The van der Waals surface area contributed by atoms with Gasteiger partial charge >= 0.3 is 0 Å². The Balaban J connectivity index is 1.47. The quantitative estimate of drug-likeness (QED) is 0.479. The minimum atomic E-state index is -3.62. The van der Waals surface area contributed by atoms with Gasteiger partial charge in [-0.2, -0.15) is 0 Å². The lowest BCUT2D eigenvalue weighted by Gasteiger charge is -2.21. The number of hydrogen-bond acceptors (Lipinski definition) is 6. The first-order valence-corrected chi connectivity index (χ1v) is 13.3. The largest absolute Gasteiger partial charge is 0.497 e. The van der Waals surface area contributed by atoms with Crippen LogP contribution in [0.25, 0.3) is 0 Å². The van der Waals surface area contributed by atoms with Gasteiger partial charge < -0.3 is 15.0 Å². The van der Waals surface area contributed by atoms with E-state index in [0.717, 1.165) is 30.1 Å². The number of hydrogen-bond donors (Lipinski definition) is 1. The van der Waals surface area contributed by atoms with Crippen LogP contribution in [-0.4, -0.2) is 70.2 Å². The normalized spacial score (nSPS) is 13.5. The Morgan fingerprint density at radius 3 is 2.31 bits per heavy atom. The molecule has 1 aliphatic heterocycles. The first-order chi connectivity index (χ1) is 16.6. The number of rotatable bonds is 11. The molecule has 0 bridgehead atoms. The second-order valence-corrected chi connectivity index (χ2v) is 11.0. The number of amidine groups is 1. The van der Waals surface area contributed by atoms with Crippen molar-refractivity contribution < 1.29 is 17.9 Å². The summed E-state index contributed by atoms with van der Waals surface area (Å²) in [6.07, 6.45) is 1.60. The third-order valence-corrected chi connectivity index (χ3v) is 8.36. The molecule has 0 atom stereocenters. The number of nitrogens with one attached hydrogen (secondary N) is 1. The molecule has 1 heterocycles. The molecule has 1 N–H and O–H groups in total. The molecule has 0 saturated carbocycles. The number of benzene rings is 2. The van der Waals surface area contributed by atoms with E-state index in [1.165, 1.54) is 4.31 Å². The number of methoxy groups -OCH3 is 1. The fraction of sp³-hybridized carbons (Fsp3) is 0.462. The molecular weight excluding hydrogens is 464 g/mol. The molecule has 35 heavy (non-hydrogen) atoms. The van der Waals surface area contributed by atoms with Gasteiger partial charge in [0.25, 0.3) is 0 Å². The summed E-state index contributed by atoms with van der Waals surface area (Å²) in [5.74, 6) is 1.61. The molecule has 1 aliphatic rings. The van der Waals surface area contributed by atoms with Crippen LogP contribution in [0.2, 0.25) is 0 Å². The number of aryl methyl sites for hydroxylation is 2. The number of carbonyl (C=O) groups excluding carboxylic acids is 1. The van der Waals surface area contributed by atoms with E-state index in [0.29, 0.717) is 54.1 Å². The molecule has 0 spiro atoms. The standard InChI is InChI=1S/C26H36N4O4S/c1-19-16-23(34-5)17-20(2)25(19)35(32,33)30(4)15-7-6-8-24(31)29(3)18-21-9-11-22(12-10-21)26-27-13-14-28-26/h9-12,16-17H,6-8,13-15,18H2,1-5H3,(H,27,28). The van der Waals surface area contributed by atoms with Gasteiger partial charge in [0.2, 0.25) is 15.9 Å². The summed E-state index contributed by atoms with van der Waals surface area (Å²) in [6.45, 7) is 6.11. The first-order valence-electron chi connectivity index (χ1n) is 11.9. The van der Waals surface area contributed by atoms with E-state index in [1.807, 2.05) is 24.3 Å². The topological polar surface area (TPSA) is 91.3 Å². The van der Waals surface area contributed by atoms with Crippen LogP contribution in [0.15, 0.2) is 46.3 Å². The van der Waals surface area contributed by atoms with E-state index in [-0.39, 0.29) is 5.91 Å². The maximum Gasteiger partial charge on any atom is 0.243 e. The number of unbranched alkanes of at least 4 members (excludes halogenated alkanes) is 1. The van der Waals surface area contributed by atoms with Crippen LogP contribution < -0.4 is 10.1 Å². The Hall–Kier alpha value is -2.91. The fourth-order valence-corrected chi connectivity index (χ4v) is 5.85. The molecule has 190 valence electrons. The Labute approximate surface area is 209 Å². The van der Waals surface area contributed by atoms with Crippen molar-refractivity contribution in [2.24, 2.45) is 4.99 Å². The monoisotopic (exact) mass is 500 g/mol. The van der Waals surface area contributed by atoms with Gasteiger partial charge in [-0.3, -0.25) is 9.79 Å². The predicted molar refractivity (Wildman–Crippen MR) is 138 cm³/mol. The van der Waals surface area contributed by atoms with Gasteiger partial charge in [-0.15, -0.1) is 0 Å². The van der Waals surface area contributed by atoms with Crippen molar-refractivity contribution in [2.75, 3.05) is 40.8 Å². The van der Waals surface area contributed by atoms with Crippen molar-refractivity contribution in [3.8, 4) is 5.75 Å². The third-order valence-electron chi connectivity index (χ3n) is 6.20. The zero-order valence-corrected chi connectivity index (χ0v) is 22.1. The highest BCUT2D eigenvalue weighted by Gasteiger charge is 2.25. The zero-order valence-electron chi connectivity index (χ0n) is 21.3. The maximum absolute atomic E-state index is 13.1. The zero-order chi connectivity index (χ0) is 25.6. The predicted octanol–water partition coefficient (Wildman–Crippen LogP) is 3.11. The van der Waals surface area contributed by atoms with Gasteiger partial charge in [-0.25, -0.2) is 12.7 Å². The summed E-state index contributed by atoms with van der Waals surface area (Å²) < 4.78 is 32.8. The Morgan fingerprint density at radius 1 is 1.09 bits per heavy atom.